The van der Waals surface area contributed by atoms with Crippen molar-refractivity contribution in [2.75, 3.05) is 0 Å². The second kappa shape index (κ2) is 4.69. The summed E-state index contributed by atoms with van der Waals surface area (Å²) in [4.78, 5) is 34.2. The number of aromatic nitrogens is 4. The Morgan fingerprint density at radius 3 is 2.78 bits per heavy atom. The Morgan fingerprint density at radius 1 is 1.39 bits per heavy atom. The standard InChI is InChI=1S/C9H10N4O4S/c1-12-7-6(10-18-11-7)8(16)13(9(12)17)4-2-3-5(14)15/h2-4H2,1H3,(H,14,15). The second-order valence-electron chi connectivity index (χ2n) is 3.73. The van der Waals surface area contributed by atoms with Crippen molar-refractivity contribution in [2.24, 2.45) is 7.05 Å². The monoisotopic (exact) mass is 270 g/mol. The molecule has 0 atom stereocenters. The fourth-order valence-electron chi connectivity index (χ4n) is 1.61. The minimum Gasteiger partial charge on any atom is -0.481 e. The van der Waals surface area contributed by atoms with E-state index in [1.807, 2.05) is 0 Å². The number of aryl methyl sites for hydroxylation is 1. The Labute approximate surface area is 104 Å². The van der Waals surface area contributed by atoms with Crippen LogP contribution in [0.15, 0.2) is 9.59 Å². The van der Waals surface area contributed by atoms with Gasteiger partial charge in [-0.2, -0.15) is 8.75 Å². The van der Waals surface area contributed by atoms with Crippen LogP contribution in [0.3, 0.4) is 0 Å². The molecule has 2 aromatic rings. The van der Waals surface area contributed by atoms with Gasteiger partial charge in [-0.15, -0.1) is 0 Å². The largest absolute Gasteiger partial charge is 0.481 e. The van der Waals surface area contributed by atoms with E-state index in [0.717, 1.165) is 16.3 Å². The van der Waals surface area contributed by atoms with E-state index in [0.29, 0.717) is 0 Å². The number of hydrogen-bond acceptors (Lipinski definition) is 6. The van der Waals surface area contributed by atoms with Gasteiger partial charge in [0.25, 0.3) is 5.56 Å². The van der Waals surface area contributed by atoms with Gasteiger partial charge in [-0.05, 0) is 6.42 Å². The Hall–Kier alpha value is -2.03. The van der Waals surface area contributed by atoms with Crippen molar-refractivity contribution in [1.82, 2.24) is 17.9 Å². The van der Waals surface area contributed by atoms with Gasteiger partial charge in [-0.3, -0.25) is 18.7 Å². The van der Waals surface area contributed by atoms with Gasteiger partial charge in [0, 0.05) is 20.0 Å². The third kappa shape index (κ3) is 2.04. The van der Waals surface area contributed by atoms with E-state index in [9.17, 15) is 14.4 Å². The van der Waals surface area contributed by atoms with Gasteiger partial charge in [0.1, 0.15) is 0 Å². The Morgan fingerprint density at radius 2 is 2.11 bits per heavy atom. The molecule has 0 fully saturated rings. The highest BCUT2D eigenvalue weighted by Gasteiger charge is 2.14. The van der Waals surface area contributed by atoms with Crippen LogP contribution >= 0.6 is 11.7 Å². The summed E-state index contributed by atoms with van der Waals surface area (Å²) in [5.41, 5.74) is -0.639. The molecule has 96 valence electrons. The molecule has 2 heterocycles. The first-order valence-corrected chi connectivity index (χ1v) is 5.89. The van der Waals surface area contributed by atoms with Crippen LogP contribution in [0.1, 0.15) is 12.8 Å². The van der Waals surface area contributed by atoms with E-state index < -0.39 is 17.2 Å². The molecule has 8 nitrogen and oxygen atoms in total. The molecule has 2 aromatic heterocycles. The summed E-state index contributed by atoms with van der Waals surface area (Å²) in [7, 11) is 1.50. The minimum atomic E-state index is -0.962. The maximum absolute atomic E-state index is 11.9. The number of rotatable bonds is 4. The van der Waals surface area contributed by atoms with Crippen LogP contribution in [-0.4, -0.2) is 29.0 Å². The summed E-state index contributed by atoms with van der Waals surface area (Å²) >= 11 is 0.860. The quantitative estimate of drug-likeness (QED) is 0.796. The number of fused-ring (bicyclic) bond motifs is 1. The van der Waals surface area contributed by atoms with Gasteiger partial charge in [0.05, 0.1) is 11.7 Å². The van der Waals surface area contributed by atoms with E-state index in [-0.39, 0.29) is 30.6 Å². The lowest BCUT2D eigenvalue weighted by atomic mass is 10.3. The molecule has 9 heteroatoms. The van der Waals surface area contributed by atoms with Crippen LogP contribution in [0, 0.1) is 0 Å². The van der Waals surface area contributed by atoms with Crippen molar-refractivity contribution in [1.29, 1.82) is 0 Å². The third-order valence-electron chi connectivity index (χ3n) is 2.53. The zero-order valence-corrected chi connectivity index (χ0v) is 10.3. The van der Waals surface area contributed by atoms with Crippen molar-refractivity contribution in [3.8, 4) is 0 Å². The van der Waals surface area contributed by atoms with Crippen LogP contribution in [0.5, 0.6) is 0 Å². The second-order valence-corrected chi connectivity index (χ2v) is 4.26. The number of carboxylic acid groups (broad SMARTS) is 1. The van der Waals surface area contributed by atoms with Gasteiger partial charge >= 0.3 is 11.7 Å². The molecule has 0 saturated heterocycles. The molecular formula is C9H10N4O4S. The molecule has 18 heavy (non-hydrogen) atoms. The number of carboxylic acids is 1. The van der Waals surface area contributed by atoms with Crippen molar-refractivity contribution in [3.05, 3.63) is 20.8 Å². The van der Waals surface area contributed by atoms with Crippen LogP contribution in [-0.2, 0) is 18.4 Å². The highest BCUT2D eigenvalue weighted by Crippen LogP contribution is 2.03. The lowest BCUT2D eigenvalue weighted by Gasteiger charge is -2.05. The van der Waals surface area contributed by atoms with Crippen LogP contribution < -0.4 is 11.2 Å². The normalized spacial score (nSPS) is 10.9. The van der Waals surface area contributed by atoms with Gasteiger partial charge in [-0.1, -0.05) is 0 Å². The minimum absolute atomic E-state index is 0.0608. The predicted octanol–water partition coefficient (Wildman–Crippen LogP) is -0.584. The molecular weight excluding hydrogens is 260 g/mol. The van der Waals surface area contributed by atoms with Crippen molar-refractivity contribution in [2.45, 2.75) is 19.4 Å². The third-order valence-corrected chi connectivity index (χ3v) is 3.05. The van der Waals surface area contributed by atoms with Gasteiger partial charge in [-0.25, -0.2) is 4.79 Å². The Bertz CT molecular complexity index is 713. The average Bonchev–Trinajstić information content (AvgIpc) is 2.79. The topological polar surface area (TPSA) is 107 Å². The number of aliphatic carboxylic acids is 1. The lowest BCUT2D eigenvalue weighted by molar-refractivity contribution is -0.137. The molecule has 0 saturated carbocycles. The summed E-state index contributed by atoms with van der Waals surface area (Å²) in [5, 5.41) is 8.53. The first-order valence-electron chi connectivity index (χ1n) is 5.16. The molecule has 0 bridgehead atoms. The summed E-state index contributed by atoms with van der Waals surface area (Å²) in [5.74, 6) is -0.962. The molecule has 0 amide bonds. The molecule has 0 aromatic carbocycles. The van der Waals surface area contributed by atoms with E-state index in [4.69, 9.17) is 5.11 Å². The fourth-order valence-corrected chi connectivity index (χ4v) is 2.18. The van der Waals surface area contributed by atoms with Gasteiger partial charge in [0.2, 0.25) is 0 Å². The van der Waals surface area contributed by atoms with E-state index in [1.54, 1.807) is 0 Å². The van der Waals surface area contributed by atoms with Crippen LogP contribution in [0.2, 0.25) is 0 Å². The molecule has 0 aliphatic rings. The van der Waals surface area contributed by atoms with Gasteiger partial charge < -0.3 is 5.11 Å². The molecule has 0 unspecified atom stereocenters. The highest BCUT2D eigenvalue weighted by atomic mass is 32.1. The molecule has 0 radical (unpaired) electrons. The summed E-state index contributed by atoms with van der Waals surface area (Å²) in [6.07, 6.45) is 0.122. The van der Waals surface area contributed by atoms with E-state index in [2.05, 4.69) is 8.75 Å². The molecule has 0 aliphatic carbocycles. The summed E-state index contributed by atoms with van der Waals surface area (Å²) < 4.78 is 9.95. The highest BCUT2D eigenvalue weighted by molar-refractivity contribution is 7.00. The van der Waals surface area contributed by atoms with Gasteiger partial charge in [0.15, 0.2) is 11.2 Å². The number of carbonyl (C=O) groups is 1. The predicted molar refractivity (Wildman–Crippen MR) is 63.8 cm³/mol. The summed E-state index contributed by atoms with van der Waals surface area (Å²) in [6, 6.07) is 0. The summed E-state index contributed by atoms with van der Waals surface area (Å²) in [6.45, 7) is 0.0608. The fraction of sp³-hybridized carbons (Fsp3) is 0.444. The SMILES string of the molecule is Cn1c(=O)n(CCCC(=O)O)c(=O)c2nsnc21. The smallest absolute Gasteiger partial charge is 0.332 e. The molecule has 1 N–H and O–H groups in total. The first-order chi connectivity index (χ1) is 8.52. The Kier molecular flexibility index (Phi) is 3.24. The van der Waals surface area contributed by atoms with Crippen molar-refractivity contribution < 1.29 is 9.90 Å². The number of nitrogens with zero attached hydrogens (tertiary/aromatic N) is 4. The first kappa shape index (κ1) is 12.4. The van der Waals surface area contributed by atoms with E-state index >= 15 is 0 Å². The number of hydrogen-bond donors (Lipinski definition) is 1. The molecule has 0 spiro atoms. The Balaban J connectivity index is 2.47. The van der Waals surface area contributed by atoms with Crippen molar-refractivity contribution >= 4 is 28.9 Å². The molecule has 2 rings (SSSR count). The zero-order chi connectivity index (χ0) is 13.3. The van der Waals surface area contributed by atoms with Crippen LogP contribution in [0.4, 0.5) is 0 Å². The lowest BCUT2D eigenvalue weighted by Crippen LogP contribution is -2.39. The van der Waals surface area contributed by atoms with Crippen molar-refractivity contribution in [3.63, 3.8) is 0 Å². The molecule has 0 aliphatic heterocycles. The zero-order valence-electron chi connectivity index (χ0n) is 9.49. The van der Waals surface area contributed by atoms with Crippen LogP contribution in [0.25, 0.3) is 11.2 Å². The maximum atomic E-state index is 11.9. The average molecular weight is 270 g/mol. The van der Waals surface area contributed by atoms with E-state index in [1.165, 1.54) is 11.6 Å². The maximum Gasteiger partial charge on any atom is 0.332 e.